The molecule has 37 heavy (non-hydrogen) atoms. The number of rotatable bonds is 9. The van der Waals surface area contributed by atoms with Crippen molar-refractivity contribution >= 4 is 30.2 Å². The van der Waals surface area contributed by atoms with Crippen molar-refractivity contribution in [2.24, 2.45) is 5.41 Å². The minimum atomic E-state index is -1.24. The summed E-state index contributed by atoms with van der Waals surface area (Å²) in [5.41, 5.74) is -1.35. The molecule has 11 nitrogen and oxygen atoms in total. The van der Waals surface area contributed by atoms with Crippen LogP contribution in [-0.4, -0.2) is 96.1 Å². The van der Waals surface area contributed by atoms with Gasteiger partial charge in [0.2, 0.25) is 0 Å². The van der Waals surface area contributed by atoms with Gasteiger partial charge in [-0.15, -0.1) is 0 Å². The Bertz CT molecular complexity index is 1020. The highest BCUT2D eigenvalue weighted by molar-refractivity contribution is 6.02. The zero-order valence-electron chi connectivity index (χ0n) is 22.3. The Morgan fingerprint density at radius 1 is 1.14 bits per heavy atom. The average molecular weight is 520 g/mol. The average Bonchev–Trinajstić information content (AvgIpc) is 2.83. The maximum absolute atomic E-state index is 12.8. The Hall–Kier alpha value is -3.47. The number of carboxylic acid groups (broad SMARTS) is 1. The number of esters is 1. The molecule has 1 fully saturated rings. The van der Waals surface area contributed by atoms with Crippen LogP contribution >= 0.6 is 0 Å². The van der Waals surface area contributed by atoms with E-state index in [2.05, 4.69) is 5.32 Å². The van der Waals surface area contributed by atoms with E-state index in [1.165, 1.54) is 24.1 Å². The molecule has 1 unspecified atom stereocenters. The first-order valence-corrected chi connectivity index (χ1v) is 12.1. The number of carboxylic acids is 1. The van der Waals surface area contributed by atoms with Gasteiger partial charge in [0, 0.05) is 30.8 Å². The fourth-order valence-electron chi connectivity index (χ4n) is 4.12. The molecular formula is C26H37N3O8. The van der Waals surface area contributed by atoms with Gasteiger partial charge in [-0.25, -0.2) is 14.4 Å². The Morgan fingerprint density at radius 3 is 2.35 bits per heavy atom. The minimum Gasteiger partial charge on any atom is -0.480 e. The Kier molecular flexibility index (Phi) is 9.80. The predicted molar refractivity (Wildman–Crippen MR) is 134 cm³/mol. The van der Waals surface area contributed by atoms with Crippen LogP contribution in [0.15, 0.2) is 24.3 Å². The maximum Gasteiger partial charge on any atom is 0.411 e. The number of nitrogens with one attached hydrogen (secondary N) is 1. The Morgan fingerprint density at radius 2 is 1.78 bits per heavy atom. The Labute approximate surface area is 217 Å². The van der Waals surface area contributed by atoms with E-state index < -0.39 is 47.0 Å². The van der Waals surface area contributed by atoms with Gasteiger partial charge in [-0.05, 0) is 45.2 Å². The van der Waals surface area contributed by atoms with Crippen LogP contribution in [0.4, 0.5) is 4.79 Å². The van der Waals surface area contributed by atoms with Crippen LogP contribution in [0, 0.1) is 5.41 Å². The van der Waals surface area contributed by atoms with E-state index in [1.54, 1.807) is 46.8 Å². The van der Waals surface area contributed by atoms with E-state index in [0.717, 1.165) is 0 Å². The molecule has 1 aromatic rings. The molecule has 0 bridgehead atoms. The van der Waals surface area contributed by atoms with E-state index >= 15 is 0 Å². The topological polar surface area (TPSA) is 143 Å². The van der Waals surface area contributed by atoms with Gasteiger partial charge in [0.1, 0.15) is 17.7 Å². The number of piperazine rings is 1. The second-order valence-corrected chi connectivity index (χ2v) is 10.7. The monoisotopic (exact) mass is 519 g/mol. The predicted octanol–water partition coefficient (Wildman–Crippen LogP) is 2.19. The quantitative estimate of drug-likeness (QED) is 0.371. The molecular weight excluding hydrogens is 482 g/mol. The Balaban J connectivity index is 2.10. The normalized spacial score (nSPS) is 17.5. The number of aliphatic carboxylic acids is 1. The molecule has 2 amide bonds. The van der Waals surface area contributed by atoms with Gasteiger partial charge in [0.05, 0.1) is 7.11 Å². The number of carbonyl (C=O) groups excluding carboxylic acids is 4. The van der Waals surface area contributed by atoms with E-state index in [0.29, 0.717) is 25.8 Å². The number of hydrogen-bond donors (Lipinski definition) is 2. The van der Waals surface area contributed by atoms with Crippen LogP contribution in [0.1, 0.15) is 61.8 Å². The largest absolute Gasteiger partial charge is 0.480 e. The molecule has 0 aliphatic carbocycles. The van der Waals surface area contributed by atoms with Gasteiger partial charge in [0.15, 0.2) is 6.29 Å². The second-order valence-electron chi connectivity index (χ2n) is 10.7. The van der Waals surface area contributed by atoms with Crippen LogP contribution in [0.5, 0.6) is 0 Å². The summed E-state index contributed by atoms with van der Waals surface area (Å²) in [6, 6.07) is 4.05. The van der Waals surface area contributed by atoms with Crippen LogP contribution in [0.25, 0.3) is 0 Å². The van der Waals surface area contributed by atoms with Gasteiger partial charge in [0.25, 0.3) is 5.91 Å². The minimum absolute atomic E-state index is 0.0961. The van der Waals surface area contributed by atoms with Gasteiger partial charge in [-0.2, -0.15) is 0 Å². The lowest BCUT2D eigenvalue weighted by Gasteiger charge is -2.41. The molecule has 204 valence electrons. The van der Waals surface area contributed by atoms with E-state index in [1.807, 2.05) is 4.90 Å². The third-order valence-corrected chi connectivity index (χ3v) is 6.27. The number of aldehydes is 1. The fraction of sp³-hybridized carbons (Fsp3) is 0.577. The molecule has 0 aromatic heterocycles. The molecule has 2 N–H and O–H groups in total. The van der Waals surface area contributed by atoms with E-state index in [9.17, 15) is 29.1 Å². The van der Waals surface area contributed by atoms with Gasteiger partial charge >= 0.3 is 18.0 Å². The van der Waals surface area contributed by atoms with Crippen LogP contribution in [-0.2, 0) is 19.1 Å². The van der Waals surface area contributed by atoms with Gasteiger partial charge in [-0.1, -0.05) is 32.0 Å². The SMILES string of the molecule is COC(=O)[C@H]1CN(CCC(C)(C)C(NC(=O)c2ccccc2C=O)C(=O)O)CCN1C(=O)OC(C)(C)C. The van der Waals surface area contributed by atoms with Crippen molar-refractivity contribution in [1.82, 2.24) is 15.1 Å². The van der Waals surface area contributed by atoms with Crippen LogP contribution in [0.2, 0.25) is 0 Å². The molecule has 0 spiro atoms. The summed E-state index contributed by atoms with van der Waals surface area (Å²) in [5, 5.41) is 12.4. The number of benzene rings is 1. The van der Waals surface area contributed by atoms with Crippen molar-refractivity contribution in [2.45, 2.75) is 58.7 Å². The number of carbonyl (C=O) groups is 5. The van der Waals surface area contributed by atoms with Crippen molar-refractivity contribution in [1.29, 1.82) is 0 Å². The summed E-state index contributed by atoms with van der Waals surface area (Å²) in [6.07, 6.45) is 0.303. The first-order chi connectivity index (χ1) is 17.2. The smallest absolute Gasteiger partial charge is 0.411 e. The van der Waals surface area contributed by atoms with Gasteiger partial charge < -0.3 is 19.9 Å². The van der Waals surface area contributed by atoms with Crippen molar-refractivity contribution in [2.75, 3.05) is 33.3 Å². The summed E-state index contributed by atoms with van der Waals surface area (Å²) in [7, 11) is 1.25. The standard InChI is InChI=1S/C26H37N3O8/c1-25(2,3)37-24(35)29-14-13-28(15-19(29)23(34)36-6)12-11-26(4,5)20(22(32)33)27-21(31)18-10-8-7-9-17(18)16-30/h7-10,16,19-20H,11-15H2,1-6H3,(H,27,31)(H,32,33)/t19-,20?/m1/s1. The molecule has 1 saturated heterocycles. The van der Waals surface area contributed by atoms with Crippen molar-refractivity contribution in [3.8, 4) is 0 Å². The summed E-state index contributed by atoms with van der Waals surface area (Å²) >= 11 is 0. The lowest BCUT2D eigenvalue weighted by Crippen LogP contribution is -2.59. The van der Waals surface area contributed by atoms with Crippen LogP contribution < -0.4 is 5.32 Å². The summed E-state index contributed by atoms with van der Waals surface area (Å²) in [5.74, 6) is -2.43. The molecule has 0 radical (unpaired) electrons. The molecule has 0 saturated carbocycles. The number of amides is 2. The van der Waals surface area contributed by atoms with Crippen molar-refractivity contribution in [3.63, 3.8) is 0 Å². The van der Waals surface area contributed by atoms with Crippen molar-refractivity contribution in [3.05, 3.63) is 35.4 Å². The molecule has 1 aliphatic heterocycles. The molecule has 11 heteroatoms. The molecule has 2 atom stereocenters. The second kappa shape index (κ2) is 12.2. The number of nitrogens with zero attached hydrogens (tertiary/aromatic N) is 2. The summed E-state index contributed by atoms with van der Waals surface area (Å²) < 4.78 is 10.3. The lowest BCUT2D eigenvalue weighted by molar-refractivity contribution is -0.149. The lowest BCUT2D eigenvalue weighted by atomic mass is 9.80. The summed E-state index contributed by atoms with van der Waals surface area (Å²) in [4.78, 5) is 64.6. The zero-order chi connectivity index (χ0) is 28.0. The number of hydrogen-bond acceptors (Lipinski definition) is 8. The fourth-order valence-corrected chi connectivity index (χ4v) is 4.12. The summed E-state index contributed by atoms with van der Waals surface area (Å²) in [6.45, 7) is 9.96. The number of ether oxygens (including phenoxy) is 2. The third kappa shape index (κ3) is 8.01. The highest BCUT2D eigenvalue weighted by atomic mass is 16.6. The highest BCUT2D eigenvalue weighted by Crippen LogP contribution is 2.28. The van der Waals surface area contributed by atoms with E-state index in [-0.39, 0.29) is 24.2 Å². The highest BCUT2D eigenvalue weighted by Gasteiger charge is 2.40. The molecule has 1 aromatic carbocycles. The van der Waals surface area contributed by atoms with Gasteiger partial charge in [-0.3, -0.25) is 19.4 Å². The molecule has 1 heterocycles. The molecule has 1 aliphatic rings. The maximum atomic E-state index is 12.8. The van der Waals surface area contributed by atoms with Crippen LogP contribution in [0.3, 0.4) is 0 Å². The number of methoxy groups -OCH3 is 1. The third-order valence-electron chi connectivity index (χ3n) is 6.27. The first kappa shape index (κ1) is 29.8. The van der Waals surface area contributed by atoms with E-state index in [4.69, 9.17) is 9.47 Å². The zero-order valence-corrected chi connectivity index (χ0v) is 22.3. The van der Waals surface area contributed by atoms with Crippen molar-refractivity contribution < 1.29 is 38.6 Å². The first-order valence-electron chi connectivity index (χ1n) is 12.1. The molecule has 2 rings (SSSR count).